The van der Waals surface area contributed by atoms with Crippen LogP contribution in [0, 0.1) is 5.82 Å². The lowest BCUT2D eigenvalue weighted by Crippen LogP contribution is -2.43. The van der Waals surface area contributed by atoms with Gasteiger partial charge in [-0.05, 0) is 61.2 Å². The highest BCUT2D eigenvalue weighted by atomic mass is 35.5. The zero-order valence-corrected chi connectivity index (χ0v) is 23.3. The van der Waals surface area contributed by atoms with Gasteiger partial charge in [0.25, 0.3) is 0 Å². The Morgan fingerprint density at radius 2 is 1.90 bits per heavy atom. The molecule has 0 saturated carbocycles. The van der Waals surface area contributed by atoms with Crippen molar-refractivity contribution in [3.8, 4) is 16.9 Å². The van der Waals surface area contributed by atoms with Gasteiger partial charge in [0.05, 0.1) is 22.9 Å². The molecule has 0 aliphatic carbocycles. The third kappa shape index (κ3) is 5.77. The molecule has 11 heteroatoms. The van der Waals surface area contributed by atoms with Crippen LogP contribution in [0.4, 0.5) is 10.1 Å². The van der Waals surface area contributed by atoms with Crippen molar-refractivity contribution >= 4 is 34.8 Å². The van der Waals surface area contributed by atoms with Gasteiger partial charge >= 0.3 is 0 Å². The Kier molecular flexibility index (Phi) is 8.25. The molecule has 1 aliphatic heterocycles. The molecule has 1 saturated heterocycles. The van der Waals surface area contributed by atoms with Crippen molar-refractivity contribution in [2.24, 2.45) is 5.73 Å². The van der Waals surface area contributed by atoms with E-state index in [4.69, 9.17) is 39.4 Å². The van der Waals surface area contributed by atoms with Gasteiger partial charge < -0.3 is 21.1 Å². The number of ether oxygens (including phenoxy) is 1. The van der Waals surface area contributed by atoms with Crippen LogP contribution in [0.1, 0.15) is 49.1 Å². The number of carbonyl (C=O) groups is 1. The van der Waals surface area contributed by atoms with Gasteiger partial charge in [-0.15, -0.1) is 0 Å². The van der Waals surface area contributed by atoms with Gasteiger partial charge in [-0.1, -0.05) is 35.3 Å². The first-order valence-electron chi connectivity index (χ1n) is 12.9. The maximum Gasteiger partial charge on any atom is 0.244 e. The van der Waals surface area contributed by atoms with Crippen LogP contribution in [0.15, 0.2) is 67.3 Å². The zero-order valence-electron chi connectivity index (χ0n) is 21.8. The van der Waals surface area contributed by atoms with Crippen LogP contribution in [0.5, 0.6) is 5.75 Å². The van der Waals surface area contributed by atoms with Gasteiger partial charge in [-0.25, -0.2) is 4.39 Å². The fourth-order valence-electron chi connectivity index (χ4n) is 4.92. The van der Waals surface area contributed by atoms with Crippen LogP contribution in [0.25, 0.3) is 11.1 Å². The summed E-state index contributed by atoms with van der Waals surface area (Å²) in [5, 5.41) is 4.82. The molecule has 4 N–H and O–H groups in total. The van der Waals surface area contributed by atoms with Gasteiger partial charge in [0.1, 0.15) is 23.7 Å². The Bertz CT molecular complexity index is 1510. The number of hydrogen-bond donors (Lipinski definition) is 2. The summed E-state index contributed by atoms with van der Waals surface area (Å²) in [5.74, 6) is -0.250. The van der Waals surface area contributed by atoms with Gasteiger partial charge in [-0.3, -0.25) is 14.5 Å². The summed E-state index contributed by atoms with van der Waals surface area (Å²) in [4.78, 5) is 18.8. The highest BCUT2D eigenvalue weighted by molar-refractivity contribution is 6.36. The van der Waals surface area contributed by atoms with E-state index in [1.54, 1.807) is 42.5 Å². The monoisotopic (exact) mass is 582 g/mol. The number of likely N-dealkylation sites (tertiary alicyclic amines) is 1. The van der Waals surface area contributed by atoms with Crippen molar-refractivity contribution < 1.29 is 13.9 Å². The molecule has 5 rings (SSSR count). The summed E-state index contributed by atoms with van der Waals surface area (Å²) in [6.45, 7) is 2.92. The minimum absolute atomic E-state index is 0.0807. The maximum atomic E-state index is 14.0. The van der Waals surface area contributed by atoms with Gasteiger partial charge in [-0.2, -0.15) is 5.10 Å². The lowest BCUT2D eigenvalue weighted by Gasteiger charge is -2.33. The molecule has 2 unspecified atom stereocenters. The minimum atomic E-state index is -0.723. The van der Waals surface area contributed by atoms with E-state index in [0.29, 0.717) is 40.7 Å². The predicted octanol–water partition coefficient (Wildman–Crippen LogP) is 5.98. The number of pyridine rings is 1. The minimum Gasteiger partial charge on any atom is -0.484 e. The summed E-state index contributed by atoms with van der Waals surface area (Å²) in [6, 6.07) is 11.1. The summed E-state index contributed by atoms with van der Waals surface area (Å²) in [7, 11) is 0. The molecule has 1 aliphatic rings. The molecule has 8 nitrogen and oxygen atoms in total. The van der Waals surface area contributed by atoms with Gasteiger partial charge in [0.2, 0.25) is 5.91 Å². The first-order valence-corrected chi connectivity index (χ1v) is 13.7. The van der Waals surface area contributed by atoms with Crippen molar-refractivity contribution in [3.63, 3.8) is 0 Å². The molecule has 1 amide bonds. The Morgan fingerprint density at radius 1 is 1.12 bits per heavy atom. The molecule has 0 spiro atoms. The largest absolute Gasteiger partial charge is 0.484 e. The number of aromatic nitrogens is 3. The number of amides is 1. The number of nitrogens with two attached hydrogens (primary N) is 2. The fourth-order valence-corrected chi connectivity index (χ4v) is 5.60. The highest BCUT2D eigenvalue weighted by Crippen LogP contribution is 2.38. The van der Waals surface area contributed by atoms with Crippen molar-refractivity contribution in [1.82, 2.24) is 19.7 Å². The van der Waals surface area contributed by atoms with Gasteiger partial charge in [0, 0.05) is 47.8 Å². The number of benzene rings is 2. The quantitative estimate of drug-likeness (QED) is 0.205. The molecule has 208 valence electrons. The molecular formula is C29H29Cl2FN6O2. The van der Waals surface area contributed by atoms with E-state index in [2.05, 4.69) is 10.1 Å². The van der Waals surface area contributed by atoms with E-state index in [9.17, 15) is 9.18 Å². The number of anilines is 1. The first kappa shape index (κ1) is 27.9. The second-order valence-corrected chi connectivity index (χ2v) is 10.6. The smallest absolute Gasteiger partial charge is 0.244 e. The van der Waals surface area contributed by atoms with Crippen LogP contribution < -0.4 is 16.2 Å². The molecule has 2 aromatic carbocycles. The van der Waals surface area contributed by atoms with Crippen LogP contribution >= 0.6 is 23.2 Å². The van der Waals surface area contributed by atoms with E-state index >= 15 is 0 Å². The average Bonchev–Trinajstić information content (AvgIpc) is 3.47. The summed E-state index contributed by atoms with van der Waals surface area (Å²) >= 11 is 12.4. The molecule has 4 aromatic rings. The Hall–Kier alpha value is -3.66. The standard InChI is InChI=1S/C29H29Cl2FN6O2/c1-17(26-22(30)5-6-23(32)27(26)31)40-25-13-18(4-7-24(25)33)20-15-36-38(16-20)21-8-11-37(12-9-21)29(39)28(34)19-3-2-10-35-14-19/h2-7,10,13-17,21,28H,8-9,11-12,33-34H2,1H3. The molecule has 2 aromatic heterocycles. The summed E-state index contributed by atoms with van der Waals surface area (Å²) in [5.41, 5.74) is 15.6. The average molecular weight is 583 g/mol. The normalized spacial score (nSPS) is 15.6. The lowest BCUT2D eigenvalue weighted by molar-refractivity contribution is -0.134. The number of rotatable bonds is 7. The number of piperidine rings is 1. The lowest BCUT2D eigenvalue weighted by atomic mass is 10.0. The Morgan fingerprint density at radius 3 is 2.62 bits per heavy atom. The number of hydrogen-bond acceptors (Lipinski definition) is 6. The fraction of sp³-hybridized carbons (Fsp3) is 0.276. The molecule has 3 heterocycles. The molecule has 2 atom stereocenters. The second kappa shape index (κ2) is 11.8. The Labute approximate surface area is 241 Å². The number of nitrogen functional groups attached to an aromatic ring is 1. The van der Waals surface area contributed by atoms with Gasteiger partial charge in [0.15, 0.2) is 0 Å². The van der Waals surface area contributed by atoms with E-state index in [1.165, 1.54) is 12.1 Å². The molecule has 0 radical (unpaired) electrons. The van der Waals surface area contributed by atoms with Crippen LogP contribution in [0.2, 0.25) is 10.0 Å². The number of nitrogens with zero attached hydrogens (tertiary/aromatic N) is 4. The molecular weight excluding hydrogens is 554 g/mol. The second-order valence-electron chi connectivity index (χ2n) is 9.80. The predicted molar refractivity (Wildman–Crippen MR) is 154 cm³/mol. The van der Waals surface area contributed by atoms with Crippen molar-refractivity contribution in [2.45, 2.75) is 38.0 Å². The maximum absolute atomic E-state index is 14.0. The number of halogens is 3. The number of carbonyl (C=O) groups excluding carboxylic acids is 1. The van der Waals surface area contributed by atoms with Crippen LogP contribution in [-0.2, 0) is 4.79 Å². The van der Waals surface area contributed by atoms with E-state index < -0.39 is 18.0 Å². The third-order valence-corrected chi connectivity index (χ3v) is 7.91. The van der Waals surface area contributed by atoms with Crippen molar-refractivity contribution in [2.75, 3.05) is 18.8 Å². The topological polar surface area (TPSA) is 112 Å². The van der Waals surface area contributed by atoms with Crippen molar-refractivity contribution in [3.05, 3.63) is 94.2 Å². The van der Waals surface area contributed by atoms with Crippen LogP contribution in [-0.4, -0.2) is 38.7 Å². The molecule has 0 bridgehead atoms. The Balaban J connectivity index is 1.25. The summed E-state index contributed by atoms with van der Waals surface area (Å²) < 4.78 is 22.1. The van der Waals surface area contributed by atoms with Crippen molar-refractivity contribution in [1.29, 1.82) is 0 Å². The zero-order chi connectivity index (χ0) is 28.4. The molecule has 40 heavy (non-hydrogen) atoms. The summed E-state index contributed by atoms with van der Waals surface area (Å²) in [6.07, 6.45) is 7.92. The first-order chi connectivity index (χ1) is 19.2. The highest BCUT2D eigenvalue weighted by Gasteiger charge is 2.28. The SMILES string of the molecule is CC(Oc1cc(-c2cnn(C3CCN(C(=O)C(N)c4cccnc4)CC3)c2)ccc1N)c1c(Cl)ccc(F)c1Cl. The van der Waals surface area contributed by atoms with E-state index in [-0.39, 0.29) is 17.0 Å². The molecule has 1 fully saturated rings. The third-order valence-electron chi connectivity index (χ3n) is 7.20. The van der Waals surface area contributed by atoms with Crippen LogP contribution in [0.3, 0.4) is 0 Å². The van der Waals surface area contributed by atoms with E-state index in [1.807, 2.05) is 29.1 Å². The van der Waals surface area contributed by atoms with E-state index in [0.717, 1.165) is 24.0 Å².